The molecule has 1 aliphatic carbocycles. The van der Waals surface area contributed by atoms with E-state index in [4.69, 9.17) is 19.2 Å². The normalized spacial score (nSPS) is 23.9. The van der Waals surface area contributed by atoms with E-state index in [0.717, 1.165) is 27.4 Å². The summed E-state index contributed by atoms with van der Waals surface area (Å²) in [5.41, 5.74) is 2.77. The largest absolute Gasteiger partial charge is 0.467 e. The first-order chi connectivity index (χ1) is 15.1. The molecular formula is C25H22FNO4. The maximum absolute atomic E-state index is 13.7. The van der Waals surface area contributed by atoms with Crippen LogP contribution in [0, 0.1) is 11.7 Å². The van der Waals surface area contributed by atoms with Gasteiger partial charge >= 0.3 is 5.97 Å². The van der Waals surface area contributed by atoms with Gasteiger partial charge in [-0.05, 0) is 48.3 Å². The summed E-state index contributed by atoms with van der Waals surface area (Å²) in [6.45, 7) is 0. The van der Waals surface area contributed by atoms with Crippen LogP contribution in [0.5, 0.6) is 0 Å². The molecule has 2 aromatic rings. The first-order valence-electron chi connectivity index (χ1n) is 10.4. The lowest BCUT2D eigenvalue weighted by atomic mass is 9.85. The molecule has 0 bridgehead atoms. The van der Waals surface area contributed by atoms with Crippen molar-refractivity contribution in [1.82, 2.24) is 0 Å². The number of halogens is 1. The number of carbonyl (C=O) groups excluding carboxylic acids is 1. The third-order valence-corrected chi connectivity index (χ3v) is 5.81. The number of hydrogen-bond acceptors (Lipinski definition) is 5. The highest BCUT2D eigenvalue weighted by Crippen LogP contribution is 2.36. The monoisotopic (exact) mass is 419 g/mol. The molecular weight excluding hydrogens is 397 g/mol. The number of ether oxygens (including phenoxy) is 3. The van der Waals surface area contributed by atoms with Gasteiger partial charge in [0.2, 0.25) is 6.29 Å². The van der Waals surface area contributed by atoms with Crippen LogP contribution in [-0.4, -0.2) is 25.5 Å². The Morgan fingerprint density at radius 3 is 2.90 bits per heavy atom. The Labute approximate surface area is 179 Å². The number of fused-ring (bicyclic) bond motifs is 2. The lowest BCUT2D eigenvalue weighted by Crippen LogP contribution is -2.25. The molecule has 1 saturated heterocycles. The summed E-state index contributed by atoms with van der Waals surface area (Å²) in [4.78, 5) is 16.6. The molecule has 3 aliphatic rings. The Morgan fingerprint density at radius 2 is 2.06 bits per heavy atom. The number of nitrogens with zero attached hydrogens (tertiary/aromatic N) is 1. The molecule has 0 radical (unpaired) electrons. The molecule has 6 heteroatoms. The van der Waals surface area contributed by atoms with Crippen LogP contribution in [0.15, 0.2) is 77.1 Å². The van der Waals surface area contributed by atoms with E-state index in [-0.39, 0.29) is 17.7 Å². The van der Waals surface area contributed by atoms with E-state index in [0.29, 0.717) is 25.0 Å². The number of esters is 1. The summed E-state index contributed by atoms with van der Waals surface area (Å²) >= 11 is 0. The highest BCUT2D eigenvalue weighted by atomic mass is 19.1. The van der Waals surface area contributed by atoms with Crippen molar-refractivity contribution in [2.45, 2.75) is 31.7 Å². The van der Waals surface area contributed by atoms with Crippen LogP contribution in [-0.2, 0) is 25.4 Å². The van der Waals surface area contributed by atoms with Gasteiger partial charge in [0.25, 0.3) is 0 Å². The van der Waals surface area contributed by atoms with Gasteiger partial charge in [0, 0.05) is 17.6 Å². The van der Waals surface area contributed by atoms with Crippen molar-refractivity contribution in [2.24, 2.45) is 10.9 Å². The molecule has 5 rings (SSSR count). The SMILES string of the molecule is COC(=O)C1CCC(OC2=C3N=c4ccccc4=C3C(Cc3cccc(F)c3)C=C2)O1. The van der Waals surface area contributed by atoms with Gasteiger partial charge in [0.1, 0.15) is 17.3 Å². The fourth-order valence-electron chi connectivity index (χ4n) is 4.37. The van der Waals surface area contributed by atoms with Crippen molar-refractivity contribution in [1.29, 1.82) is 0 Å². The number of benzene rings is 2. The molecule has 1 fully saturated rings. The Bertz CT molecular complexity index is 1220. The van der Waals surface area contributed by atoms with Gasteiger partial charge in [-0.1, -0.05) is 36.4 Å². The van der Waals surface area contributed by atoms with Crippen LogP contribution >= 0.6 is 0 Å². The van der Waals surface area contributed by atoms with Gasteiger partial charge in [-0.2, -0.15) is 0 Å². The summed E-state index contributed by atoms with van der Waals surface area (Å²) < 4.78 is 30.3. The third-order valence-electron chi connectivity index (χ3n) is 5.81. The van der Waals surface area contributed by atoms with E-state index >= 15 is 0 Å². The van der Waals surface area contributed by atoms with Crippen LogP contribution in [0.3, 0.4) is 0 Å². The molecule has 31 heavy (non-hydrogen) atoms. The zero-order chi connectivity index (χ0) is 21.4. The quantitative estimate of drug-likeness (QED) is 0.700. The Kier molecular flexibility index (Phi) is 5.16. The van der Waals surface area contributed by atoms with Gasteiger partial charge in [0.15, 0.2) is 6.10 Å². The molecule has 158 valence electrons. The number of carbonyl (C=O) groups is 1. The van der Waals surface area contributed by atoms with E-state index in [9.17, 15) is 9.18 Å². The summed E-state index contributed by atoms with van der Waals surface area (Å²) in [6.07, 6.45) is 4.66. The first-order valence-corrected chi connectivity index (χ1v) is 10.4. The molecule has 3 unspecified atom stereocenters. The molecule has 5 nitrogen and oxygen atoms in total. The molecule has 0 saturated carbocycles. The van der Waals surface area contributed by atoms with Crippen molar-refractivity contribution in [3.05, 3.63) is 94.1 Å². The van der Waals surface area contributed by atoms with Crippen LogP contribution in [0.2, 0.25) is 0 Å². The highest BCUT2D eigenvalue weighted by Gasteiger charge is 2.35. The summed E-state index contributed by atoms with van der Waals surface area (Å²) in [5, 5.41) is 1.95. The fourth-order valence-corrected chi connectivity index (χ4v) is 4.37. The summed E-state index contributed by atoms with van der Waals surface area (Å²) in [7, 11) is 1.35. The number of para-hydroxylation sites is 1. The second-order valence-electron chi connectivity index (χ2n) is 7.83. The molecule has 2 aliphatic heterocycles. The van der Waals surface area contributed by atoms with Gasteiger partial charge in [0.05, 0.1) is 12.5 Å². The van der Waals surface area contributed by atoms with Crippen LogP contribution in [0.4, 0.5) is 4.39 Å². The molecule has 0 amide bonds. The van der Waals surface area contributed by atoms with E-state index in [1.54, 1.807) is 12.1 Å². The second kappa shape index (κ2) is 8.12. The van der Waals surface area contributed by atoms with E-state index < -0.39 is 12.4 Å². The minimum Gasteiger partial charge on any atom is -0.467 e. The second-order valence-corrected chi connectivity index (χ2v) is 7.83. The standard InChI is InChI=1S/C25H22FNO4/c1-29-25(28)21-11-12-22(31-21)30-20-10-9-16(13-15-5-4-6-17(26)14-15)23-18-7-2-3-8-19(18)27-24(20)23/h2-10,14,16,21-22H,11-13H2,1H3. The van der Waals surface area contributed by atoms with Gasteiger partial charge in [-0.3, -0.25) is 0 Å². The minimum absolute atomic E-state index is 0.0452. The Morgan fingerprint density at radius 1 is 1.19 bits per heavy atom. The number of rotatable bonds is 5. The molecule has 2 aromatic carbocycles. The highest BCUT2D eigenvalue weighted by molar-refractivity contribution is 5.75. The van der Waals surface area contributed by atoms with E-state index in [2.05, 4.69) is 12.1 Å². The average Bonchev–Trinajstić information content (AvgIpc) is 3.40. The Balaban J connectivity index is 1.46. The van der Waals surface area contributed by atoms with Crippen LogP contribution in [0.25, 0.3) is 5.57 Å². The van der Waals surface area contributed by atoms with E-state index in [1.807, 2.05) is 30.3 Å². The molecule has 3 atom stereocenters. The van der Waals surface area contributed by atoms with Crippen LogP contribution in [0.1, 0.15) is 18.4 Å². The maximum atomic E-state index is 13.7. The lowest BCUT2D eigenvalue weighted by molar-refractivity contribution is -0.164. The van der Waals surface area contributed by atoms with Crippen molar-refractivity contribution in [2.75, 3.05) is 7.11 Å². The van der Waals surface area contributed by atoms with Crippen molar-refractivity contribution < 1.29 is 23.4 Å². The average molecular weight is 419 g/mol. The molecule has 0 aromatic heterocycles. The first kappa shape index (κ1) is 19.7. The van der Waals surface area contributed by atoms with Crippen LogP contribution < -0.4 is 10.6 Å². The predicted octanol–water partition coefficient (Wildman–Crippen LogP) is 2.94. The molecule has 0 N–H and O–H groups in total. The fraction of sp³-hybridized carbons (Fsp3) is 0.280. The van der Waals surface area contributed by atoms with Crippen molar-refractivity contribution >= 4 is 11.5 Å². The number of hydrogen-bond donors (Lipinski definition) is 0. The van der Waals surface area contributed by atoms with E-state index in [1.165, 1.54) is 13.2 Å². The lowest BCUT2D eigenvalue weighted by Gasteiger charge is -2.24. The number of allylic oxidation sites excluding steroid dienone is 3. The van der Waals surface area contributed by atoms with Gasteiger partial charge in [-0.15, -0.1) is 0 Å². The number of methoxy groups -OCH3 is 1. The molecule has 0 spiro atoms. The summed E-state index contributed by atoms with van der Waals surface area (Å²) in [5.74, 6) is 0.0431. The summed E-state index contributed by atoms with van der Waals surface area (Å²) in [6, 6.07) is 14.7. The van der Waals surface area contributed by atoms with Crippen molar-refractivity contribution in [3.63, 3.8) is 0 Å². The van der Waals surface area contributed by atoms with Crippen molar-refractivity contribution in [3.8, 4) is 0 Å². The smallest absolute Gasteiger partial charge is 0.335 e. The maximum Gasteiger partial charge on any atom is 0.335 e. The van der Waals surface area contributed by atoms with Gasteiger partial charge in [-0.25, -0.2) is 14.2 Å². The topological polar surface area (TPSA) is 57.1 Å². The predicted molar refractivity (Wildman–Crippen MR) is 111 cm³/mol. The van der Waals surface area contributed by atoms with Gasteiger partial charge < -0.3 is 14.2 Å². The zero-order valence-corrected chi connectivity index (χ0v) is 17.1. The minimum atomic E-state index is -0.602. The molecule has 2 heterocycles. The zero-order valence-electron chi connectivity index (χ0n) is 17.1. The Hall–Kier alpha value is -3.25. The third kappa shape index (κ3) is 3.79.